The summed E-state index contributed by atoms with van der Waals surface area (Å²) in [6.45, 7) is 3.63. The Labute approximate surface area is 355 Å². The predicted molar refractivity (Wildman–Crippen MR) is 233 cm³/mol. The molecule has 6 unspecified atom stereocenters. The minimum Gasteiger partial charge on any atom is -0.479 e. The second kappa shape index (κ2) is 37.6. The molecule has 1 aliphatic rings. The van der Waals surface area contributed by atoms with Crippen LogP contribution in [0.25, 0.3) is 0 Å². The van der Waals surface area contributed by atoms with Crippen molar-refractivity contribution in [3.8, 4) is 0 Å². The number of rotatable bonds is 36. The Morgan fingerprint density at radius 2 is 1.00 bits per heavy atom. The molecule has 0 aromatic carbocycles. The van der Waals surface area contributed by atoms with Gasteiger partial charge in [0.25, 0.3) is 0 Å². The smallest absolute Gasteiger partial charge is 0.335 e. The zero-order valence-electron chi connectivity index (χ0n) is 36.2. The highest BCUT2D eigenvalue weighted by Gasteiger charge is 2.47. The van der Waals surface area contributed by atoms with Crippen molar-refractivity contribution >= 4 is 17.9 Å². The lowest BCUT2D eigenvalue weighted by molar-refractivity contribution is -0.298. The third-order valence-electron chi connectivity index (χ3n) is 9.79. The fraction of sp³-hybridized carbons (Fsp3) is 0.688. The molecule has 0 amide bonds. The van der Waals surface area contributed by atoms with Crippen molar-refractivity contribution in [1.29, 1.82) is 0 Å². The molecule has 4 N–H and O–H groups in total. The number of hydrogen-bond donors (Lipinski definition) is 4. The van der Waals surface area contributed by atoms with Crippen molar-refractivity contribution in [2.75, 3.05) is 13.2 Å². The molecule has 1 rings (SSSR count). The molecule has 11 nitrogen and oxygen atoms in total. The van der Waals surface area contributed by atoms with Crippen molar-refractivity contribution in [1.82, 2.24) is 0 Å². The minimum absolute atomic E-state index is 0.161. The molecule has 0 aromatic heterocycles. The highest BCUT2D eigenvalue weighted by atomic mass is 16.7. The first-order valence-corrected chi connectivity index (χ1v) is 22.5. The van der Waals surface area contributed by atoms with Crippen LogP contribution in [0.1, 0.15) is 162 Å². The van der Waals surface area contributed by atoms with Crippen molar-refractivity contribution in [3.63, 3.8) is 0 Å². The minimum atomic E-state index is -1.87. The van der Waals surface area contributed by atoms with Gasteiger partial charge < -0.3 is 39.4 Å². The maximum atomic E-state index is 12.8. The summed E-state index contributed by atoms with van der Waals surface area (Å²) in [5.41, 5.74) is 0. The van der Waals surface area contributed by atoms with Gasteiger partial charge in [0.05, 0.1) is 6.61 Å². The summed E-state index contributed by atoms with van der Waals surface area (Å²) in [6, 6.07) is 0. The number of aliphatic carboxylic acids is 1. The monoisotopic (exact) mass is 831 g/mol. The van der Waals surface area contributed by atoms with E-state index in [1.807, 2.05) is 0 Å². The van der Waals surface area contributed by atoms with E-state index in [2.05, 4.69) is 86.8 Å². The first kappa shape index (κ1) is 53.7. The van der Waals surface area contributed by atoms with Crippen LogP contribution >= 0.6 is 0 Å². The van der Waals surface area contributed by atoms with Crippen LogP contribution in [0.5, 0.6) is 0 Å². The van der Waals surface area contributed by atoms with Crippen LogP contribution in [0.4, 0.5) is 0 Å². The fourth-order valence-corrected chi connectivity index (χ4v) is 6.25. The second-order valence-corrected chi connectivity index (χ2v) is 15.2. The van der Waals surface area contributed by atoms with Gasteiger partial charge in [-0.2, -0.15) is 0 Å². The Kier molecular flexibility index (Phi) is 34.2. The summed E-state index contributed by atoms with van der Waals surface area (Å²) in [6.07, 6.45) is 38.1. The molecule has 1 aliphatic heterocycles. The van der Waals surface area contributed by atoms with Crippen LogP contribution in [0, 0.1) is 0 Å². The van der Waals surface area contributed by atoms with Crippen LogP contribution in [0.2, 0.25) is 0 Å². The summed E-state index contributed by atoms with van der Waals surface area (Å²) in [7, 11) is 0. The molecule has 11 heteroatoms. The molecule has 0 radical (unpaired) electrons. The molecule has 59 heavy (non-hydrogen) atoms. The zero-order chi connectivity index (χ0) is 43.2. The summed E-state index contributed by atoms with van der Waals surface area (Å²) in [5, 5.41) is 39.8. The van der Waals surface area contributed by atoms with E-state index in [0.29, 0.717) is 12.8 Å². The van der Waals surface area contributed by atoms with Gasteiger partial charge in [-0.15, -0.1) is 0 Å². The number of carbonyl (C=O) groups is 3. The molecular formula is C48H78O11. The van der Waals surface area contributed by atoms with Crippen LogP contribution < -0.4 is 0 Å². The van der Waals surface area contributed by atoms with Crippen molar-refractivity contribution in [3.05, 3.63) is 72.9 Å². The average Bonchev–Trinajstić information content (AvgIpc) is 3.22. The Hall–Kier alpha value is -3.35. The number of allylic oxidation sites excluding steroid dienone is 12. The lowest BCUT2D eigenvalue weighted by Crippen LogP contribution is -2.60. The highest BCUT2D eigenvalue weighted by Crippen LogP contribution is 2.23. The van der Waals surface area contributed by atoms with E-state index in [4.69, 9.17) is 18.9 Å². The number of hydrogen-bond acceptors (Lipinski definition) is 10. The maximum absolute atomic E-state index is 12.8. The first-order chi connectivity index (χ1) is 28.7. The summed E-state index contributed by atoms with van der Waals surface area (Å²) in [5.74, 6) is -2.52. The number of carboxylic acids is 1. The molecule has 0 spiro atoms. The third kappa shape index (κ3) is 29.5. The number of carbonyl (C=O) groups excluding carboxylic acids is 2. The fourth-order valence-electron chi connectivity index (χ4n) is 6.25. The predicted octanol–water partition coefficient (Wildman–Crippen LogP) is 9.70. The summed E-state index contributed by atoms with van der Waals surface area (Å²) < 4.78 is 21.7. The molecular weight excluding hydrogens is 753 g/mol. The number of ether oxygens (including phenoxy) is 4. The van der Waals surface area contributed by atoms with Gasteiger partial charge in [0, 0.05) is 12.8 Å². The molecule has 6 atom stereocenters. The van der Waals surface area contributed by atoms with Crippen LogP contribution in [-0.4, -0.2) is 88.4 Å². The standard InChI is InChI=1S/C48H78O11/c1-3-5-7-9-11-13-15-17-19-20-21-23-25-27-29-31-33-35-37-42(50)58-40(39-57-48-45(53)43(51)44(52)46(59-48)47(54)55)38-56-41(49)36-34-32-30-28-26-24-22-18-16-14-12-10-8-6-4-2/h6,8,12-15,18-20,22,26,28,40,43-46,48,51-53H,3-5,7,9-11,16-17,21,23-25,27,29-39H2,1-2H3,(H,54,55)/b8-6-,14-12-,15-13-,20-19-,22-18-,28-26-. The van der Waals surface area contributed by atoms with Crippen LogP contribution in [-0.2, 0) is 33.3 Å². The van der Waals surface area contributed by atoms with E-state index in [-0.39, 0.29) is 19.4 Å². The average molecular weight is 831 g/mol. The molecule has 0 aromatic rings. The van der Waals surface area contributed by atoms with Crippen molar-refractivity contribution in [2.24, 2.45) is 0 Å². The molecule has 0 saturated carbocycles. The van der Waals surface area contributed by atoms with E-state index in [1.54, 1.807) is 0 Å². The molecule has 336 valence electrons. The molecule has 0 bridgehead atoms. The number of unbranched alkanes of at least 4 members (excludes halogenated alkanes) is 13. The summed E-state index contributed by atoms with van der Waals surface area (Å²) in [4.78, 5) is 36.8. The van der Waals surface area contributed by atoms with E-state index in [1.165, 1.54) is 44.9 Å². The van der Waals surface area contributed by atoms with Gasteiger partial charge in [0.2, 0.25) is 0 Å². The number of aliphatic hydroxyl groups excluding tert-OH is 3. The Morgan fingerprint density at radius 3 is 1.54 bits per heavy atom. The van der Waals surface area contributed by atoms with Gasteiger partial charge in [-0.1, -0.05) is 138 Å². The normalized spacial score (nSPS) is 20.6. The lowest BCUT2D eigenvalue weighted by atomic mass is 9.99. The number of esters is 2. The maximum Gasteiger partial charge on any atom is 0.335 e. The molecule has 1 heterocycles. The lowest BCUT2D eigenvalue weighted by Gasteiger charge is -2.38. The SMILES string of the molecule is CC/C=C\C/C=C\C/C=C\C/C=C\CCCCC(=O)OCC(COC1OC(C(=O)O)C(O)C(O)C1O)OC(=O)CCCCCCCCC/C=C\C/C=C\CCCCCC. The van der Waals surface area contributed by atoms with Gasteiger partial charge in [0.1, 0.15) is 24.9 Å². The van der Waals surface area contributed by atoms with Crippen molar-refractivity contribution < 1.29 is 53.8 Å². The van der Waals surface area contributed by atoms with Crippen LogP contribution in [0.3, 0.4) is 0 Å². The van der Waals surface area contributed by atoms with E-state index >= 15 is 0 Å². The Morgan fingerprint density at radius 1 is 0.542 bits per heavy atom. The van der Waals surface area contributed by atoms with E-state index in [0.717, 1.165) is 77.0 Å². The van der Waals surface area contributed by atoms with Gasteiger partial charge in [-0.25, -0.2) is 4.79 Å². The zero-order valence-corrected chi connectivity index (χ0v) is 36.2. The van der Waals surface area contributed by atoms with Crippen molar-refractivity contribution in [2.45, 2.75) is 198 Å². The second-order valence-electron chi connectivity index (χ2n) is 15.2. The van der Waals surface area contributed by atoms with Gasteiger partial charge in [0.15, 0.2) is 18.5 Å². The van der Waals surface area contributed by atoms with E-state index < -0.39 is 61.3 Å². The molecule has 1 fully saturated rings. The quantitative estimate of drug-likeness (QED) is 0.0269. The number of carboxylic acid groups (broad SMARTS) is 1. The highest BCUT2D eigenvalue weighted by molar-refractivity contribution is 5.73. The van der Waals surface area contributed by atoms with Gasteiger partial charge in [-0.3, -0.25) is 9.59 Å². The topological polar surface area (TPSA) is 169 Å². The van der Waals surface area contributed by atoms with Crippen LogP contribution in [0.15, 0.2) is 72.9 Å². The van der Waals surface area contributed by atoms with E-state index in [9.17, 15) is 34.8 Å². The third-order valence-corrected chi connectivity index (χ3v) is 9.79. The number of aliphatic hydroxyl groups is 3. The first-order valence-electron chi connectivity index (χ1n) is 22.5. The molecule has 1 saturated heterocycles. The summed E-state index contributed by atoms with van der Waals surface area (Å²) >= 11 is 0. The van der Waals surface area contributed by atoms with Gasteiger partial charge in [-0.05, 0) is 83.5 Å². The van der Waals surface area contributed by atoms with Gasteiger partial charge >= 0.3 is 17.9 Å². The Balaban J connectivity index is 2.41. The Bertz CT molecular complexity index is 1250. The molecule has 0 aliphatic carbocycles. The largest absolute Gasteiger partial charge is 0.479 e.